The van der Waals surface area contributed by atoms with E-state index >= 15 is 0 Å². The third-order valence-electron chi connectivity index (χ3n) is 4.46. The highest BCUT2D eigenvalue weighted by atomic mass is 16.4. The average molecular weight is 268 g/mol. The van der Waals surface area contributed by atoms with Crippen molar-refractivity contribution in [3.05, 3.63) is 0 Å². The zero-order chi connectivity index (χ0) is 13.9. The van der Waals surface area contributed by atoms with E-state index in [1.54, 1.807) is 0 Å². The summed E-state index contributed by atoms with van der Waals surface area (Å²) < 4.78 is 0. The predicted molar refractivity (Wildman–Crippen MR) is 80.3 cm³/mol. The van der Waals surface area contributed by atoms with Crippen LogP contribution in [0.4, 0.5) is 0 Å². The van der Waals surface area contributed by atoms with Gasteiger partial charge in [-0.15, -0.1) is 0 Å². The van der Waals surface area contributed by atoms with E-state index in [-0.39, 0.29) is 0 Å². The van der Waals surface area contributed by atoms with Crippen LogP contribution in [0.2, 0.25) is 0 Å². The molecule has 0 aliphatic heterocycles. The molecule has 1 aliphatic rings. The summed E-state index contributed by atoms with van der Waals surface area (Å²) in [5.41, 5.74) is 0. The van der Waals surface area contributed by atoms with Crippen LogP contribution >= 0.6 is 0 Å². The van der Waals surface area contributed by atoms with E-state index in [9.17, 15) is 4.79 Å². The molecule has 1 aliphatic carbocycles. The molecule has 2 unspecified atom stereocenters. The molecule has 1 rings (SSSR count). The Hall–Kier alpha value is -0.530. The molecule has 1 saturated carbocycles. The van der Waals surface area contributed by atoms with E-state index in [1.807, 2.05) is 0 Å². The first-order valence-electron chi connectivity index (χ1n) is 8.45. The van der Waals surface area contributed by atoms with Crippen LogP contribution in [0, 0.1) is 11.8 Å². The van der Waals surface area contributed by atoms with Gasteiger partial charge in [-0.05, 0) is 24.7 Å². The van der Waals surface area contributed by atoms with Gasteiger partial charge in [-0.25, -0.2) is 0 Å². The molecule has 0 aromatic heterocycles. The lowest BCUT2D eigenvalue weighted by molar-refractivity contribution is -0.137. The highest BCUT2D eigenvalue weighted by Gasteiger charge is 2.34. The van der Waals surface area contributed by atoms with Crippen molar-refractivity contribution in [3.8, 4) is 0 Å². The quantitative estimate of drug-likeness (QED) is 0.453. The number of hydrogen-bond donors (Lipinski definition) is 1. The maximum absolute atomic E-state index is 10.3. The highest BCUT2D eigenvalue weighted by Crippen LogP contribution is 2.45. The number of carboxylic acids is 1. The molecule has 2 heteroatoms. The summed E-state index contributed by atoms with van der Waals surface area (Å²) in [6.45, 7) is 2.29. The van der Waals surface area contributed by atoms with Crippen molar-refractivity contribution in [3.63, 3.8) is 0 Å². The van der Waals surface area contributed by atoms with Gasteiger partial charge in [0.1, 0.15) is 0 Å². The van der Waals surface area contributed by atoms with Crippen molar-refractivity contribution >= 4 is 5.97 Å². The fourth-order valence-electron chi connectivity index (χ4n) is 3.05. The second-order valence-corrected chi connectivity index (χ2v) is 6.31. The maximum Gasteiger partial charge on any atom is 0.303 e. The van der Waals surface area contributed by atoms with Crippen molar-refractivity contribution in [2.75, 3.05) is 0 Å². The topological polar surface area (TPSA) is 37.3 Å². The van der Waals surface area contributed by atoms with Crippen LogP contribution in [0.1, 0.15) is 90.4 Å². The Kier molecular flexibility index (Phi) is 8.94. The summed E-state index contributed by atoms with van der Waals surface area (Å²) in [6, 6.07) is 0. The molecule has 0 spiro atoms. The summed E-state index contributed by atoms with van der Waals surface area (Å²) >= 11 is 0. The lowest BCUT2D eigenvalue weighted by atomic mass is 10.0. The Morgan fingerprint density at radius 2 is 1.42 bits per heavy atom. The molecule has 0 bridgehead atoms. The van der Waals surface area contributed by atoms with Gasteiger partial charge in [0.15, 0.2) is 0 Å². The van der Waals surface area contributed by atoms with Crippen molar-refractivity contribution in [2.45, 2.75) is 90.4 Å². The molecule has 0 aromatic carbocycles. The molecule has 112 valence electrons. The third-order valence-corrected chi connectivity index (χ3v) is 4.46. The van der Waals surface area contributed by atoms with Gasteiger partial charge in [-0.3, -0.25) is 4.79 Å². The van der Waals surface area contributed by atoms with Crippen molar-refractivity contribution in [2.24, 2.45) is 11.8 Å². The molecule has 0 heterocycles. The number of carbonyl (C=O) groups is 1. The second kappa shape index (κ2) is 10.3. The maximum atomic E-state index is 10.3. The number of unbranched alkanes of at least 4 members (excludes halogenated alkanes) is 7. The molecule has 19 heavy (non-hydrogen) atoms. The summed E-state index contributed by atoms with van der Waals surface area (Å²) in [4.78, 5) is 10.3. The first-order chi connectivity index (χ1) is 9.24. The number of aliphatic carboxylic acids is 1. The Balaban J connectivity index is 1.74. The Bertz CT molecular complexity index is 237. The molecule has 0 aromatic rings. The highest BCUT2D eigenvalue weighted by molar-refractivity contribution is 5.66. The van der Waals surface area contributed by atoms with Crippen LogP contribution in [-0.2, 0) is 4.79 Å². The molecule has 2 nitrogen and oxygen atoms in total. The molecular weight excluding hydrogens is 236 g/mol. The molecular formula is C17H32O2. The Morgan fingerprint density at radius 1 is 0.895 bits per heavy atom. The first-order valence-corrected chi connectivity index (χ1v) is 8.45. The summed E-state index contributed by atoms with van der Waals surface area (Å²) in [5, 5.41) is 8.52. The van der Waals surface area contributed by atoms with Gasteiger partial charge in [-0.1, -0.05) is 71.1 Å². The lowest BCUT2D eigenvalue weighted by Crippen LogP contribution is -1.93. The van der Waals surface area contributed by atoms with Crippen LogP contribution in [0.3, 0.4) is 0 Å². The minimum atomic E-state index is -0.651. The van der Waals surface area contributed by atoms with Gasteiger partial charge in [0, 0.05) is 6.42 Å². The fraction of sp³-hybridized carbons (Fsp3) is 0.941. The van der Waals surface area contributed by atoms with Gasteiger partial charge in [-0.2, -0.15) is 0 Å². The van der Waals surface area contributed by atoms with Crippen LogP contribution in [0.5, 0.6) is 0 Å². The first kappa shape index (κ1) is 16.5. The fourth-order valence-corrected chi connectivity index (χ4v) is 3.05. The van der Waals surface area contributed by atoms with Crippen molar-refractivity contribution < 1.29 is 9.90 Å². The van der Waals surface area contributed by atoms with Crippen LogP contribution in [-0.4, -0.2) is 11.1 Å². The van der Waals surface area contributed by atoms with Crippen molar-refractivity contribution in [1.82, 2.24) is 0 Å². The standard InChI is InChI=1S/C17H32O2/c1-2-3-11-15-14-16(15)12-9-7-5-4-6-8-10-13-17(18)19/h15-16H,2-14H2,1H3,(H,18,19). The van der Waals surface area contributed by atoms with Crippen molar-refractivity contribution in [1.29, 1.82) is 0 Å². The summed E-state index contributed by atoms with van der Waals surface area (Å²) in [7, 11) is 0. The molecule has 0 saturated heterocycles. The van der Waals surface area contributed by atoms with E-state index in [0.717, 1.165) is 24.7 Å². The summed E-state index contributed by atoms with van der Waals surface area (Å²) in [6.07, 6.45) is 16.2. The smallest absolute Gasteiger partial charge is 0.303 e. The normalized spacial score (nSPS) is 21.5. The molecule has 1 fully saturated rings. The molecule has 2 atom stereocenters. The van der Waals surface area contributed by atoms with Gasteiger partial charge < -0.3 is 5.11 Å². The van der Waals surface area contributed by atoms with E-state index in [0.29, 0.717) is 6.42 Å². The Morgan fingerprint density at radius 3 is 2.00 bits per heavy atom. The zero-order valence-corrected chi connectivity index (χ0v) is 12.7. The van der Waals surface area contributed by atoms with E-state index in [2.05, 4.69) is 6.92 Å². The molecule has 0 amide bonds. The SMILES string of the molecule is CCCCC1CC1CCCCCCCCCC(=O)O. The van der Waals surface area contributed by atoms with E-state index < -0.39 is 5.97 Å². The molecule has 0 radical (unpaired) electrons. The van der Waals surface area contributed by atoms with Gasteiger partial charge >= 0.3 is 5.97 Å². The van der Waals surface area contributed by atoms with Crippen LogP contribution in [0.15, 0.2) is 0 Å². The third kappa shape index (κ3) is 9.07. The number of hydrogen-bond acceptors (Lipinski definition) is 1. The number of rotatable bonds is 13. The largest absolute Gasteiger partial charge is 0.481 e. The van der Waals surface area contributed by atoms with Crippen LogP contribution < -0.4 is 0 Å². The minimum absolute atomic E-state index is 0.348. The second-order valence-electron chi connectivity index (χ2n) is 6.31. The lowest BCUT2D eigenvalue weighted by Gasteiger charge is -2.02. The van der Waals surface area contributed by atoms with Gasteiger partial charge in [0.2, 0.25) is 0 Å². The summed E-state index contributed by atoms with van der Waals surface area (Å²) in [5.74, 6) is 1.50. The zero-order valence-electron chi connectivity index (χ0n) is 12.7. The minimum Gasteiger partial charge on any atom is -0.481 e. The van der Waals surface area contributed by atoms with Crippen LogP contribution in [0.25, 0.3) is 0 Å². The molecule has 1 N–H and O–H groups in total. The number of carboxylic acid groups (broad SMARTS) is 1. The predicted octanol–water partition coefficient (Wildman–Crippen LogP) is 5.41. The van der Waals surface area contributed by atoms with E-state index in [1.165, 1.54) is 64.2 Å². The van der Waals surface area contributed by atoms with E-state index in [4.69, 9.17) is 5.11 Å². The van der Waals surface area contributed by atoms with Gasteiger partial charge in [0.25, 0.3) is 0 Å². The Labute approximate surface area is 119 Å². The van der Waals surface area contributed by atoms with Gasteiger partial charge in [0.05, 0.1) is 0 Å². The monoisotopic (exact) mass is 268 g/mol. The average Bonchev–Trinajstić information content (AvgIpc) is 3.12.